The lowest BCUT2D eigenvalue weighted by atomic mass is 10.3. The standard InChI is InChI=1S/C11H16N2O3S/c1-3-16-11(15)8-5-7-17-10(8)13-9(14)4-6-12-2/h5,7,12H,3-4,6H2,1-2H3,(H,13,14). The summed E-state index contributed by atoms with van der Waals surface area (Å²) in [4.78, 5) is 23.0. The predicted octanol–water partition coefficient (Wildman–Crippen LogP) is 1.47. The average molecular weight is 256 g/mol. The molecule has 5 nitrogen and oxygen atoms in total. The molecular formula is C11H16N2O3S. The molecule has 0 aliphatic heterocycles. The summed E-state index contributed by atoms with van der Waals surface area (Å²) in [6.45, 7) is 2.67. The maximum absolute atomic E-state index is 11.5. The highest BCUT2D eigenvalue weighted by molar-refractivity contribution is 7.14. The lowest BCUT2D eigenvalue weighted by molar-refractivity contribution is -0.116. The largest absolute Gasteiger partial charge is 0.462 e. The summed E-state index contributed by atoms with van der Waals surface area (Å²) in [5, 5.41) is 7.89. The Morgan fingerprint density at radius 2 is 2.24 bits per heavy atom. The third-order valence-electron chi connectivity index (χ3n) is 2.02. The highest BCUT2D eigenvalue weighted by atomic mass is 32.1. The normalized spacial score (nSPS) is 10.0. The number of carbonyl (C=O) groups excluding carboxylic acids is 2. The summed E-state index contributed by atoms with van der Waals surface area (Å²) in [5.41, 5.74) is 0.412. The molecule has 0 spiro atoms. The van der Waals surface area contributed by atoms with Gasteiger partial charge in [-0.15, -0.1) is 11.3 Å². The van der Waals surface area contributed by atoms with Crippen LogP contribution in [0.1, 0.15) is 23.7 Å². The fourth-order valence-corrected chi connectivity index (χ4v) is 1.99. The summed E-state index contributed by atoms with van der Waals surface area (Å²) in [6.07, 6.45) is 0.372. The number of amides is 1. The minimum absolute atomic E-state index is 0.118. The molecule has 1 aromatic heterocycles. The van der Waals surface area contributed by atoms with Gasteiger partial charge in [0.05, 0.1) is 12.2 Å². The van der Waals surface area contributed by atoms with Crippen LogP contribution in [0.5, 0.6) is 0 Å². The van der Waals surface area contributed by atoms with Gasteiger partial charge in [0.15, 0.2) is 0 Å². The highest BCUT2D eigenvalue weighted by Crippen LogP contribution is 2.24. The number of ether oxygens (including phenoxy) is 1. The molecule has 0 radical (unpaired) electrons. The number of carbonyl (C=O) groups is 2. The van der Waals surface area contributed by atoms with E-state index in [0.717, 1.165) is 0 Å². The molecule has 0 aliphatic rings. The Morgan fingerprint density at radius 1 is 1.47 bits per heavy atom. The number of thiophene rings is 1. The van der Waals surface area contributed by atoms with E-state index in [9.17, 15) is 9.59 Å². The molecule has 0 bridgehead atoms. The van der Waals surface area contributed by atoms with Crippen molar-refractivity contribution in [3.63, 3.8) is 0 Å². The number of esters is 1. The van der Waals surface area contributed by atoms with Crippen molar-refractivity contribution >= 4 is 28.2 Å². The van der Waals surface area contributed by atoms with Gasteiger partial charge in [0.25, 0.3) is 0 Å². The van der Waals surface area contributed by atoms with Crippen LogP contribution >= 0.6 is 11.3 Å². The maximum atomic E-state index is 11.5. The van der Waals surface area contributed by atoms with Gasteiger partial charge in [-0.3, -0.25) is 4.79 Å². The van der Waals surface area contributed by atoms with Gasteiger partial charge in [-0.25, -0.2) is 4.79 Å². The lowest BCUT2D eigenvalue weighted by Crippen LogP contribution is -2.19. The van der Waals surface area contributed by atoms with Gasteiger partial charge >= 0.3 is 5.97 Å². The van der Waals surface area contributed by atoms with E-state index in [2.05, 4.69) is 10.6 Å². The number of anilines is 1. The Bertz CT molecular complexity index is 390. The summed E-state index contributed by atoms with van der Waals surface area (Å²) < 4.78 is 4.89. The SMILES string of the molecule is CCOC(=O)c1ccsc1NC(=O)CCNC. The first-order valence-corrected chi connectivity index (χ1v) is 6.26. The second-order valence-electron chi connectivity index (χ2n) is 3.29. The Hall–Kier alpha value is -1.40. The van der Waals surface area contributed by atoms with Gasteiger partial charge < -0.3 is 15.4 Å². The van der Waals surface area contributed by atoms with Crippen molar-refractivity contribution in [2.24, 2.45) is 0 Å². The predicted molar refractivity (Wildman–Crippen MR) is 67.4 cm³/mol. The maximum Gasteiger partial charge on any atom is 0.341 e. The van der Waals surface area contributed by atoms with Crippen LogP contribution in [0.2, 0.25) is 0 Å². The molecule has 1 aromatic rings. The molecule has 94 valence electrons. The van der Waals surface area contributed by atoms with Crippen molar-refractivity contribution in [2.75, 3.05) is 25.5 Å². The molecule has 0 saturated heterocycles. The van der Waals surface area contributed by atoms with E-state index in [1.165, 1.54) is 11.3 Å². The van der Waals surface area contributed by atoms with Gasteiger partial charge in [0, 0.05) is 13.0 Å². The molecule has 0 aliphatic carbocycles. The highest BCUT2D eigenvalue weighted by Gasteiger charge is 2.15. The fraction of sp³-hybridized carbons (Fsp3) is 0.455. The Labute approximate surface area is 104 Å². The van der Waals surface area contributed by atoms with Crippen LogP contribution < -0.4 is 10.6 Å². The molecule has 2 N–H and O–H groups in total. The van der Waals surface area contributed by atoms with Crippen molar-refractivity contribution in [1.29, 1.82) is 0 Å². The molecule has 6 heteroatoms. The third-order valence-corrected chi connectivity index (χ3v) is 2.85. The molecular weight excluding hydrogens is 240 g/mol. The summed E-state index contributed by atoms with van der Waals surface area (Å²) >= 11 is 1.31. The van der Waals surface area contributed by atoms with E-state index in [1.807, 2.05) is 0 Å². The molecule has 1 heterocycles. The molecule has 0 aromatic carbocycles. The van der Waals surface area contributed by atoms with Gasteiger partial charge in [-0.1, -0.05) is 0 Å². The second-order valence-corrected chi connectivity index (χ2v) is 4.20. The molecule has 17 heavy (non-hydrogen) atoms. The van der Waals surface area contributed by atoms with Crippen LogP contribution in [0.4, 0.5) is 5.00 Å². The zero-order chi connectivity index (χ0) is 12.7. The van der Waals surface area contributed by atoms with Gasteiger partial charge in [0.1, 0.15) is 5.00 Å². The third kappa shape index (κ3) is 4.16. The first kappa shape index (κ1) is 13.7. The zero-order valence-corrected chi connectivity index (χ0v) is 10.7. The second kappa shape index (κ2) is 7.03. The zero-order valence-electron chi connectivity index (χ0n) is 9.91. The van der Waals surface area contributed by atoms with E-state index < -0.39 is 5.97 Å². The van der Waals surface area contributed by atoms with Gasteiger partial charge in [0.2, 0.25) is 5.91 Å². The summed E-state index contributed by atoms with van der Waals surface area (Å²) in [6, 6.07) is 1.65. The molecule has 1 amide bonds. The minimum atomic E-state index is -0.405. The van der Waals surface area contributed by atoms with Crippen molar-refractivity contribution < 1.29 is 14.3 Å². The number of rotatable bonds is 6. The quantitative estimate of drug-likeness (QED) is 0.756. The van der Waals surface area contributed by atoms with Crippen molar-refractivity contribution in [3.8, 4) is 0 Å². The fourth-order valence-electron chi connectivity index (χ4n) is 1.20. The van der Waals surface area contributed by atoms with Gasteiger partial charge in [-0.05, 0) is 25.4 Å². The van der Waals surface area contributed by atoms with E-state index in [0.29, 0.717) is 30.1 Å². The van der Waals surface area contributed by atoms with Crippen LogP contribution in [-0.2, 0) is 9.53 Å². The van der Waals surface area contributed by atoms with Crippen LogP contribution in [0.25, 0.3) is 0 Å². The Balaban J connectivity index is 2.62. The smallest absolute Gasteiger partial charge is 0.341 e. The topological polar surface area (TPSA) is 67.4 Å². The Morgan fingerprint density at radius 3 is 2.88 bits per heavy atom. The monoisotopic (exact) mass is 256 g/mol. The summed E-state index contributed by atoms with van der Waals surface area (Å²) in [7, 11) is 1.78. The summed E-state index contributed by atoms with van der Waals surface area (Å²) in [5.74, 6) is -0.523. The van der Waals surface area contributed by atoms with Crippen LogP contribution in [-0.4, -0.2) is 32.1 Å². The first-order valence-electron chi connectivity index (χ1n) is 5.38. The average Bonchev–Trinajstić information content (AvgIpc) is 2.75. The van der Waals surface area contributed by atoms with Crippen molar-refractivity contribution in [2.45, 2.75) is 13.3 Å². The van der Waals surface area contributed by atoms with Crippen LogP contribution in [0.15, 0.2) is 11.4 Å². The minimum Gasteiger partial charge on any atom is -0.462 e. The van der Waals surface area contributed by atoms with Crippen molar-refractivity contribution in [1.82, 2.24) is 5.32 Å². The van der Waals surface area contributed by atoms with E-state index in [1.54, 1.807) is 25.4 Å². The molecule has 1 rings (SSSR count). The van der Waals surface area contributed by atoms with Gasteiger partial charge in [-0.2, -0.15) is 0 Å². The number of hydrogen-bond donors (Lipinski definition) is 2. The lowest BCUT2D eigenvalue weighted by Gasteiger charge is -2.05. The first-order chi connectivity index (χ1) is 8.19. The molecule has 0 unspecified atom stereocenters. The van der Waals surface area contributed by atoms with Crippen molar-refractivity contribution in [3.05, 3.63) is 17.0 Å². The molecule has 0 fully saturated rings. The Kier molecular flexibility index (Phi) is 5.65. The molecule has 0 saturated carbocycles. The van der Waals surface area contributed by atoms with E-state index >= 15 is 0 Å². The number of nitrogens with one attached hydrogen (secondary N) is 2. The molecule has 0 atom stereocenters. The van der Waals surface area contributed by atoms with Crippen LogP contribution in [0.3, 0.4) is 0 Å². The van der Waals surface area contributed by atoms with E-state index in [4.69, 9.17) is 4.74 Å². The number of hydrogen-bond acceptors (Lipinski definition) is 5. The van der Waals surface area contributed by atoms with Crippen LogP contribution in [0, 0.1) is 0 Å². The van der Waals surface area contributed by atoms with E-state index in [-0.39, 0.29) is 5.91 Å².